The van der Waals surface area contributed by atoms with Crippen molar-refractivity contribution in [1.82, 2.24) is 5.32 Å². The molecule has 1 aromatic rings. The van der Waals surface area contributed by atoms with Crippen LogP contribution in [0.1, 0.15) is 24.6 Å². The topological polar surface area (TPSA) is 52.9 Å². The van der Waals surface area contributed by atoms with Crippen molar-refractivity contribution >= 4 is 28.8 Å². The molecule has 5 heteroatoms. The molecule has 92 valence electrons. The zero-order valence-corrected chi connectivity index (χ0v) is 11.3. The van der Waals surface area contributed by atoms with E-state index in [0.29, 0.717) is 13.0 Å². The Kier molecular flexibility index (Phi) is 6.03. The van der Waals surface area contributed by atoms with Gasteiger partial charge in [-0.2, -0.15) is 5.26 Å². The maximum absolute atomic E-state index is 11.6. The third-order valence-corrected chi connectivity index (χ3v) is 3.64. The van der Waals surface area contributed by atoms with Crippen LogP contribution in [0.15, 0.2) is 12.1 Å². The molecule has 0 radical (unpaired) electrons. The van der Waals surface area contributed by atoms with Crippen molar-refractivity contribution in [2.45, 2.75) is 26.2 Å². The van der Waals surface area contributed by atoms with E-state index >= 15 is 0 Å². The largest absolute Gasteiger partial charge is 0.355 e. The molecule has 1 rings (SSSR count). The van der Waals surface area contributed by atoms with Gasteiger partial charge in [0.25, 0.3) is 0 Å². The molecular formula is C12H15ClN2OS. The van der Waals surface area contributed by atoms with E-state index in [1.54, 1.807) is 0 Å². The lowest BCUT2D eigenvalue weighted by atomic mass is 10.1. The first kappa shape index (κ1) is 14.0. The monoisotopic (exact) mass is 270 g/mol. The first-order valence-electron chi connectivity index (χ1n) is 5.59. The number of halogens is 1. The molecule has 1 atom stereocenters. The maximum atomic E-state index is 11.6. The number of carbonyl (C=O) groups excluding carboxylic acids is 1. The summed E-state index contributed by atoms with van der Waals surface area (Å²) in [6.45, 7) is 2.52. The smallest absolute Gasteiger partial charge is 0.237 e. The molecule has 1 amide bonds. The van der Waals surface area contributed by atoms with Gasteiger partial charge in [-0.25, -0.2) is 0 Å². The zero-order chi connectivity index (χ0) is 12.7. The molecule has 0 fully saturated rings. The summed E-state index contributed by atoms with van der Waals surface area (Å²) in [5.41, 5.74) is 0. The number of nitrogens with one attached hydrogen (secondary N) is 1. The van der Waals surface area contributed by atoms with Crippen LogP contribution in [0.5, 0.6) is 0 Å². The van der Waals surface area contributed by atoms with E-state index in [0.717, 1.165) is 22.1 Å². The second-order valence-electron chi connectivity index (χ2n) is 3.72. The number of nitriles is 1. The van der Waals surface area contributed by atoms with Gasteiger partial charge in [0.2, 0.25) is 5.91 Å². The normalized spacial score (nSPS) is 11.8. The number of thiophene rings is 1. The molecule has 1 aromatic heterocycles. The molecule has 1 heterocycles. The van der Waals surface area contributed by atoms with Gasteiger partial charge in [-0.3, -0.25) is 4.79 Å². The summed E-state index contributed by atoms with van der Waals surface area (Å²) in [5.74, 6) is -0.691. The molecule has 17 heavy (non-hydrogen) atoms. The first-order valence-corrected chi connectivity index (χ1v) is 6.78. The molecule has 0 bridgehead atoms. The van der Waals surface area contributed by atoms with E-state index in [9.17, 15) is 4.79 Å². The van der Waals surface area contributed by atoms with E-state index < -0.39 is 5.92 Å². The Hall–Kier alpha value is -1.05. The lowest BCUT2D eigenvalue weighted by Crippen LogP contribution is -2.31. The minimum atomic E-state index is -0.521. The summed E-state index contributed by atoms with van der Waals surface area (Å²) in [7, 11) is 0. The van der Waals surface area contributed by atoms with Crippen LogP contribution in [0, 0.1) is 17.2 Å². The average molecular weight is 271 g/mol. The van der Waals surface area contributed by atoms with Gasteiger partial charge in [0.1, 0.15) is 5.92 Å². The van der Waals surface area contributed by atoms with E-state index in [1.165, 1.54) is 11.3 Å². The maximum Gasteiger partial charge on any atom is 0.237 e. The highest BCUT2D eigenvalue weighted by atomic mass is 35.5. The Balaban J connectivity index is 2.31. The van der Waals surface area contributed by atoms with E-state index in [2.05, 4.69) is 5.32 Å². The van der Waals surface area contributed by atoms with Crippen molar-refractivity contribution < 1.29 is 4.79 Å². The number of rotatable bonds is 6. The quantitative estimate of drug-likeness (QED) is 0.864. The number of carbonyl (C=O) groups is 1. The molecule has 0 aliphatic rings. The van der Waals surface area contributed by atoms with Crippen LogP contribution in [0.4, 0.5) is 0 Å². The Morgan fingerprint density at radius 3 is 2.94 bits per heavy atom. The van der Waals surface area contributed by atoms with Crippen molar-refractivity contribution in [2.75, 3.05) is 6.54 Å². The standard InChI is InChI=1S/C12H15ClN2OS/c1-2-3-9(8-14)12(16)15-7-6-10-4-5-11(13)17-10/h4-5,9H,2-3,6-7H2,1H3,(H,15,16). The van der Waals surface area contributed by atoms with Gasteiger partial charge in [0.05, 0.1) is 10.4 Å². The number of amides is 1. The van der Waals surface area contributed by atoms with Gasteiger partial charge in [-0.05, 0) is 25.0 Å². The van der Waals surface area contributed by atoms with Crippen molar-refractivity contribution in [2.24, 2.45) is 5.92 Å². The molecule has 0 aromatic carbocycles. The highest BCUT2D eigenvalue weighted by molar-refractivity contribution is 7.16. The molecule has 0 aliphatic heterocycles. The fourth-order valence-electron chi connectivity index (χ4n) is 1.46. The minimum absolute atomic E-state index is 0.169. The van der Waals surface area contributed by atoms with Crippen molar-refractivity contribution in [3.05, 3.63) is 21.3 Å². The Morgan fingerprint density at radius 2 is 2.41 bits per heavy atom. The Bertz CT molecular complexity index is 411. The highest BCUT2D eigenvalue weighted by Crippen LogP contribution is 2.21. The predicted octanol–water partition coefficient (Wildman–Crippen LogP) is 3.00. The van der Waals surface area contributed by atoms with Crippen LogP contribution in [0.3, 0.4) is 0 Å². The van der Waals surface area contributed by atoms with Crippen LogP contribution < -0.4 is 5.32 Å². The van der Waals surface area contributed by atoms with E-state index in [1.807, 2.05) is 25.1 Å². The van der Waals surface area contributed by atoms with E-state index in [4.69, 9.17) is 16.9 Å². The summed E-state index contributed by atoms with van der Waals surface area (Å²) in [4.78, 5) is 12.7. The third-order valence-electron chi connectivity index (χ3n) is 2.35. The predicted molar refractivity (Wildman–Crippen MR) is 70.1 cm³/mol. The fourth-order valence-corrected chi connectivity index (χ4v) is 2.55. The van der Waals surface area contributed by atoms with Gasteiger partial charge >= 0.3 is 0 Å². The fraction of sp³-hybridized carbons (Fsp3) is 0.500. The Morgan fingerprint density at radius 1 is 1.65 bits per heavy atom. The second kappa shape index (κ2) is 7.31. The molecule has 1 N–H and O–H groups in total. The van der Waals surface area contributed by atoms with Crippen LogP contribution in [-0.4, -0.2) is 12.5 Å². The SMILES string of the molecule is CCCC(C#N)C(=O)NCCc1ccc(Cl)s1. The van der Waals surface area contributed by atoms with Gasteiger partial charge in [-0.1, -0.05) is 24.9 Å². The lowest BCUT2D eigenvalue weighted by molar-refractivity contribution is -0.123. The summed E-state index contributed by atoms with van der Waals surface area (Å²) in [5, 5.41) is 11.6. The molecule has 0 saturated heterocycles. The number of nitrogens with zero attached hydrogens (tertiary/aromatic N) is 1. The summed E-state index contributed by atoms with van der Waals surface area (Å²) >= 11 is 7.32. The van der Waals surface area contributed by atoms with Crippen LogP contribution in [0.25, 0.3) is 0 Å². The van der Waals surface area contributed by atoms with Crippen LogP contribution in [-0.2, 0) is 11.2 Å². The zero-order valence-electron chi connectivity index (χ0n) is 9.70. The van der Waals surface area contributed by atoms with Crippen molar-refractivity contribution in [3.63, 3.8) is 0 Å². The van der Waals surface area contributed by atoms with Crippen LogP contribution >= 0.6 is 22.9 Å². The number of hydrogen-bond donors (Lipinski definition) is 1. The van der Waals surface area contributed by atoms with Crippen molar-refractivity contribution in [3.8, 4) is 6.07 Å². The van der Waals surface area contributed by atoms with Gasteiger partial charge in [-0.15, -0.1) is 11.3 Å². The summed E-state index contributed by atoms with van der Waals surface area (Å²) in [6.07, 6.45) is 2.22. The third kappa shape index (κ3) is 4.76. The lowest BCUT2D eigenvalue weighted by Gasteiger charge is -2.08. The molecule has 1 unspecified atom stereocenters. The van der Waals surface area contributed by atoms with Gasteiger partial charge in [0.15, 0.2) is 0 Å². The molecule has 0 saturated carbocycles. The average Bonchev–Trinajstić information content (AvgIpc) is 2.71. The molecule has 3 nitrogen and oxygen atoms in total. The molecule has 0 aliphatic carbocycles. The second-order valence-corrected chi connectivity index (χ2v) is 5.52. The summed E-state index contributed by atoms with van der Waals surface area (Å²) in [6, 6.07) is 5.82. The minimum Gasteiger partial charge on any atom is -0.355 e. The van der Waals surface area contributed by atoms with Gasteiger partial charge in [0, 0.05) is 11.4 Å². The first-order chi connectivity index (χ1) is 8.17. The van der Waals surface area contributed by atoms with Crippen molar-refractivity contribution in [1.29, 1.82) is 5.26 Å². The molecular weight excluding hydrogens is 256 g/mol. The highest BCUT2D eigenvalue weighted by Gasteiger charge is 2.15. The van der Waals surface area contributed by atoms with Gasteiger partial charge < -0.3 is 5.32 Å². The Labute approximate surface area is 110 Å². The summed E-state index contributed by atoms with van der Waals surface area (Å²) < 4.78 is 0.757. The van der Waals surface area contributed by atoms with Crippen LogP contribution in [0.2, 0.25) is 4.34 Å². The molecule has 0 spiro atoms. The van der Waals surface area contributed by atoms with E-state index in [-0.39, 0.29) is 5.91 Å². The number of hydrogen-bond acceptors (Lipinski definition) is 3.